The highest BCUT2D eigenvalue weighted by Crippen LogP contribution is 2.25. The molecule has 0 atom stereocenters. The van der Waals surface area contributed by atoms with Crippen LogP contribution in [0.15, 0.2) is 51.9 Å². The Bertz CT molecular complexity index is 1350. The number of rotatable bonds is 10. The summed E-state index contributed by atoms with van der Waals surface area (Å²) < 4.78 is 9.46. The first-order chi connectivity index (χ1) is 16.3. The lowest BCUT2D eigenvalue weighted by molar-refractivity contribution is -0.121. The van der Waals surface area contributed by atoms with Gasteiger partial charge in [0.1, 0.15) is 24.5 Å². The SMILES string of the molecule is C=CCOc1cc(N(CC)CC)ccc1/C=N/NC(=O)Cn1cnc2c(=O)n(C)c(=O)n(C)c21. The van der Waals surface area contributed by atoms with Crippen LogP contribution in [0.1, 0.15) is 19.4 Å². The zero-order chi connectivity index (χ0) is 24.8. The molecule has 11 heteroatoms. The Morgan fingerprint density at radius 2 is 1.97 bits per heavy atom. The van der Waals surface area contributed by atoms with Crippen molar-refractivity contribution in [2.24, 2.45) is 19.2 Å². The van der Waals surface area contributed by atoms with Gasteiger partial charge in [-0.3, -0.25) is 18.7 Å². The molecule has 0 aliphatic heterocycles. The molecule has 2 heterocycles. The molecule has 3 rings (SSSR count). The number of fused-ring (bicyclic) bond motifs is 1. The molecular formula is C23H29N7O4. The van der Waals surface area contributed by atoms with E-state index in [-0.39, 0.29) is 17.7 Å². The first-order valence-electron chi connectivity index (χ1n) is 10.9. The summed E-state index contributed by atoms with van der Waals surface area (Å²) in [5.74, 6) is 0.172. The number of amides is 1. The number of aryl methyl sites for hydroxylation is 1. The fraction of sp³-hybridized carbons (Fsp3) is 0.348. The van der Waals surface area contributed by atoms with E-state index >= 15 is 0 Å². The second-order valence-electron chi connectivity index (χ2n) is 7.54. The van der Waals surface area contributed by atoms with Gasteiger partial charge in [-0.05, 0) is 26.0 Å². The number of hydrazone groups is 1. The van der Waals surface area contributed by atoms with Crippen molar-refractivity contribution in [1.82, 2.24) is 24.1 Å². The summed E-state index contributed by atoms with van der Waals surface area (Å²) in [6.45, 7) is 9.73. The summed E-state index contributed by atoms with van der Waals surface area (Å²) in [7, 11) is 2.90. The number of nitrogens with zero attached hydrogens (tertiary/aromatic N) is 6. The molecule has 0 unspecified atom stereocenters. The van der Waals surface area contributed by atoms with Gasteiger partial charge in [-0.25, -0.2) is 15.2 Å². The van der Waals surface area contributed by atoms with E-state index in [1.54, 1.807) is 6.08 Å². The van der Waals surface area contributed by atoms with E-state index in [9.17, 15) is 14.4 Å². The molecule has 1 N–H and O–H groups in total. The number of benzene rings is 1. The van der Waals surface area contributed by atoms with E-state index in [0.29, 0.717) is 17.9 Å². The Balaban J connectivity index is 1.78. The molecule has 0 saturated heterocycles. The largest absolute Gasteiger partial charge is 0.489 e. The van der Waals surface area contributed by atoms with Gasteiger partial charge in [-0.1, -0.05) is 12.7 Å². The number of imidazole rings is 1. The van der Waals surface area contributed by atoms with Crippen LogP contribution < -0.4 is 26.3 Å². The van der Waals surface area contributed by atoms with Crippen molar-refractivity contribution in [3.63, 3.8) is 0 Å². The number of carbonyl (C=O) groups is 1. The lowest BCUT2D eigenvalue weighted by atomic mass is 10.2. The van der Waals surface area contributed by atoms with Gasteiger partial charge in [-0.15, -0.1) is 0 Å². The number of ether oxygens (including phenoxy) is 1. The summed E-state index contributed by atoms with van der Waals surface area (Å²) in [6, 6.07) is 5.77. The molecule has 11 nitrogen and oxygen atoms in total. The average Bonchev–Trinajstić information content (AvgIpc) is 3.25. The second kappa shape index (κ2) is 10.6. The zero-order valence-electron chi connectivity index (χ0n) is 19.8. The van der Waals surface area contributed by atoms with Crippen molar-refractivity contribution in [2.75, 3.05) is 24.6 Å². The molecule has 2 aromatic heterocycles. The lowest BCUT2D eigenvalue weighted by Gasteiger charge is -2.22. The molecule has 1 aromatic carbocycles. The monoisotopic (exact) mass is 467 g/mol. The van der Waals surface area contributed by atoms with Gasteiger partial charge in [0, 0.05) is 44.5 Å². The summed E-state index contributed by atoms with van der Waals surface area (Å²) in [4.78, 5) is 43.2. The Morgan fingerprint density at radius 1 is 1.24 bits per heavy atom. The molecule has 180 valence electrons. The van der Waals surface area contributed by atoms with Crippen LogP contribution >= 0.6 is 0 Å². The second-order valence-corrected chi connectivity index (χ2v) is 7.54. The normalized spacial score (nSPS) is 11.2. The summed E-state index contributed by atoms with van der Waals surface area (Å²) in [5.41, 5.74) is 3.53. The molecule has 0 radical (unpaired) electrons. The smallest absolute Gasteiger partial charge is 0.332 e. The van der Waals surface area contributed by atoms with Crippen LogP contribution in [0.3, 0.4) is 0 Å². The number of anilines is 1. The third-order valence-electron chi connectivity index (χ3n) is 5.40. The molecule has 0 fully saturated rings. The van der Waals surface area contributed by atoms with Crippen LogP contribution in [-0.4, -0.2) is 50.5 Å². The maximum Gasteiger partial charge on any atom is 0.332 e. The first kappa shape index (κ1) is 24.5. The summed E-state index contributed by atoms with van der Waals surface area (Å²) in [5, 5.41) is 4.05. The zero-order valence-corrected chi connectivity index (χ0v) is 19.8. The van der Waals surface area contributed by atoms with Gasteiger partial charge < -0.3 is 14.2 Å². The topological polar surface area (TPSA) is 116 Å². The van der Waals surface area contributed by atoms with Crippen LogP contribution in [0.25, 0.3) is 11.2 Å². The molecule has 0 bridgehead atoms. The highest BCUT2D eigenvalue weighted by atomic mass is 16.5. The minimum Gasteiger partial charge on any atom is -0.489 e. The Kier molecular flexibility index (Phi) is 7.67. The van der Waals surface area contributed by atoms with E-state index in [2.05, 4.69) is 40.8 Å². The maximum atomic E-state index is 12.5. The van der Waals surface area contributed by atoms with Gasteiger partial charge in [0.15, 0.2) is 5.52 Å². The van der Waals surface area contributed by atoms with Gasteiger partial charge in [0.2, 0.25) is 0 Å². The molecular weight excluding hydrogens is 438 g/mol. The van der Waals surface area contributed by atoms with Crippen molar-refractivity contribution in [2.45, 2.75) is 20.4 Å². The molecule has 1 amide bonds. The molecule has 3 aromatic rings. The fourth-order valence-electron chi connectivity index (χ4n) is 3.61. The molecule has 0 aliphatic rings. The Hall–Kier alpha value is -4.15. The van der Waals surface area contributed by atoms with Crippen LogP contribution in [0.5, 0.6) is 5.75 Å². The standard InChI is InChI=1S/C23H29N7O4/c1-6-11-34-18-12-17(29(7-2)8-3)10-9-16(18)13-25-26-19(31)14-30-15-24-20-21(30)27(4)23(33)28(5)22(20)32/h6,9-10,12-13,15H,1,7-8,11,14H2,2-5H3,(H,26,31)/b25-13+. The predicted octanol–water partition coefficient (Wildman–Crippen LogP) is 0.995. The summed E-state index contributed by atoms with van der Waals surface area (Å²) in [6.07, 6.45) is 4.50. The van der Waals surface area contributed by atoms with Crippen molar-refractivity contribution in [1.29, 1.82) is 0 Å². The van der Waals surface area contributed by atoms with E-state index in [1.165, 1.54) is 35.8 Å². The Labute approximate surface area is 196 Å². The third-order valence-corrected chi connectivity index (χ3v) is 5.40. The molecule has 0 aliphatic carbocycles. The average molecular weight is 468 g/mol. The maximum absolute atomic E-state index is 12.5. The van der Waals surface area contributed by atoms with Gasteiger partial charge in [0.25, 0.3) is 11.5 Å². The van der Waals surface area contributed by atoms with Crippen LogP contribution in [-0.2, 0) is 25.4 Å². The molecule has 0 saturated carbocycles. The van der Waals surface area contributed by atoms with Gasteiger partial charge in [-0.2, -0.15) is 5.10 Å². The van der Waals surface area contributed by atoms with Crippen LogP contribution in [0.2, 0.25) is 0 Å². The number of hydrogen-bond donors (Lipinski definition) is 1. The lowest BCUT2D eigenvalue weighted by Crippen LogP contribution is -2.37. The highest BCUT2D eigenvalue weighted by molar-refractivity contribution is 5.86. The molecule has 0 spiro atoms. The number of aromatic nitrogens is 4. The molecule has 34 heavy (non-hydrogen) atoms. The first-order valence-corrected chi connectivity index (χ1v) is 10.9. The Morgan fingerprint density at radius 3 is 2.65 bits per heavy atom. The van der Waals surface area contributed by atoms with E-state index in [1.807, 2.05) is 18.2 Å². The summed E-state index contributed by atoms with van der Waals surface area (Å²) >= 11 is 0. The van der Waals surface area contributed by atoms with E-state index < -0.39 is 17.2 Å². The highest BCUT2D eigenvalue weighted by Gasteiger charge is 2.15. The minimum atomic E-state index is -0.518. The van der Waals surface area contributed by atoms with E-state index in [0.717, 1.165) is 23.3 Å². The van der Waals surface area contributed by atoms with Crippen molar-refractivity contribution in [3.8, 4) is 5.75 Å². The predicted molar refractivity (Wildman–Crippen MR) is 132 cm³/mol. The number of hydrogen-bond acceptors (Lipinski definition) is 7. The van der Waals surface area contributed by atoms with E-state index in [4.69, 9.17) is 4.74 Å². The van der Waals surface area contributed by atoms with Gasteiger partial charge in [0.05, 0.1) is 12.5 Å². The van der Waals surface area contributed by atoms with Crippen molar-refractivity contribution < 1.29 is 9.53 Å². The van der Waals surface area contributed by atoms with Crippen molar-refractivity contribution in [3.05, 3.63) is 63.6 Å². The number of nitrogens with one attached hydrogen (secondary N) is 1. The van der Waals surface area contributed by atoms with Crippen molar-refractivity contribution >= 4 is 29.0 Å². The van der Waals surface area contributed by atoms with Gasteiger partial charge >= 0.3 is 5.69 Å². The minimum absolute atomic E-state index is 0.109. The quantitative estimate of drug-likeness (QED) is 0.270. The number of carbonyl (C=O) groups excluding carboxylic acids is 1. The van der Waals surface area contributed by atoms with Crippen LogP contribution in [0.4, 0.5) is 5.69 Å². The van der Waals surface area contributed by atoms with Crippen LogP contribution in [0, 0.1) is 0 Å². The fourth-order valence-corrected chi connectivity index (χ4v) is 3.61. The third kappa shape index (κ3) is 4.92.